The van der Waals surface area contributed by atoms with Crippen LogP contribution in [0.2, 0.25) is 0 Å². The van der Waals surface area contributed by atoms with E-state index in [1.165, 1.54) is 0 Å². The van der Waals surface area contributed by atoms with Crippen LogP contribution in [-0.2, 0) is 18.3 Å². The van der Waals surface area contributed by atoms with Gasteiger partial charge in [-0.2, -0.15) is 4.98 Å². The van der Waals surface area contributed by atoms with E-state index < -0.39 is 0 Å². The Bertz CT molecular complexity index is 1420. The monoisotopic (exact) mass is 469 g/mol. The molecule has 1 aromatic carbocycles. The minimum atomic E-state index is 0.0859. The van der Waals surface area contributed by atoms with E-state index in [-0.39, 0.29) is 11.9 Å². The number of amides is 1. The van der Waals surface area contributed by atoms with Crippen molar-refractivity contribution >= 4 is 11.6 Å². The Labute approximate surface area is 201 Å². The third-order valence-electron chi connectivity index (χ3n) is 6.41. The lowest BCUT2D eigenvalue weighted by molar-refractivity contribution is -0.117. The van der Waals surface area contributed by atoms with Crippen LogP contribution in [0, 0.1) is 0 Å². The smallest absolute Gasteiger partial charge is 0.238 e. The van der Waals surface area contributed by atoms with Gasteiger partial charge in [-0.1, -0.05) is 24.3 Å². The Morgan fingerprint density at radius 3 is 2.74 bits per heavy atom. The summed E-state index contributed by atoms with van der Waals surface area (Å²) in [6, 6.07) is 9.99. The maximum absolute atomic E-state index is 12.4. The highest BCUT2D eigenvalue weighted by Crippen LogP contribution is 2.38. The maximum atomic E-state index is 12.4. The summed E-state index contributed by atoms with van der Waals surface area (Å²) in [7, 11) is 3.51. The summed E-state index contributed by atoms with van der Waals surface area (Å²) in [6.45, 7) is 0.492. The molecule has 1 fully saturated rings. The molecule has 0 saturated carbocycles. The molecular formula is C25H23N7O3. The first-order valence-corrected chi connectivity index (χ1v) is 11.4. The van der Waals surface area contributed by atoms with Gasteiger partial charge in [0.05, 0.1) is 18.7 Å². The largest absolute Gasteiger partial charge is 0.480 e. The molecule has 176 valence electrons. The van der Waals surface area contributed by atoms with Gasteiger partial charge in [0.2, 0.25) is 17.7 Å². The fourth-order valence-corrected chi connectivity index (χ4v) is 4.64. The summed E-state index contributed by atoms with van der Waals surface area (Å²) in [5.74, 6) is 2.50. The summed E-state index contributed by atoms with van der Waals surface area (Å²) >= 11 is 0. The zero-order chi connectivity index (χ0) is 23.9. The van der Waals surface area contributed by atoms with Crippen LogP contribution in [0.1, 0.15) is 24.2 Å². The Morgan fingerprint density at radius 2 is 1.97 bits per heavy atom. The number of nitrogens with zero attached hydrogens (tertiary/aromatic N) is 7. The number of benzene rings is 1. The number of hydrogen-bond acceptors (Lipinski definition) is 8. The molecule has 2 aliphatic heterocycles. The molecule has 6 rings (SSSR count). The Morgan fingerprint density at radius 1 is 1.14 bits per heavy atom. The number of methoxy groups -OCH3 is 1. The highest BCUT2D eigenvalue weighted by atomic mass is 16.5. The molecule has 0 bridgehead atoms. The van der Waals surface area contributed by atoms with Gasteiger partial charge < -0.3 is 18.9 Å². The molecule has 1 atom stereocenters. The normalized spacial score (nSPS) is 16.6. The Balaban J connectivity index is 1.26. The first-order chi connectivity index (χ1) is 17.1. The summed E-state index contributed by atoms with van der Waals surface area (Å²) < 4.78 is 13.2. The van der Waals surface area contributed by atoms with Crippen molar-refractivity contribution in [3.05, 3.63) is 60.4 Å². The minimum Gasteiger partial charge on any atom is -0.480 e. The molecular weight excluding hydrogens is 446 g/mol. The SMILES string of the molecule is COc1nc(Cc2cnc3c(c2)N2C(=O)CC[C@H]2CO3)ncc1-c1ccc(-c2nncn2C)cc1. The average Bonchev–Trinajstić information content (AvgIpc) is 3.49. The molecule has 1 amide bonds. The van der Waals surface area contributed by atoms with E-state index in [1.54, 1.807) is 25.8 Å². The van der Waals surface area contributed by atoms with Crippen molar-refractivity contribution in [1.82, 2.24) is 29.7 Å². The summed E-state index contributed by atoms with van der Waals surface area (Å²) in [5, 5.41) is 8.09. The van der Waals surface area contributed by atoms with Crippen molar-refractivity contribution in [2.75, 3.05) is 18.6 Å². The first-order valence-electron chi connectivity index (χ1n) is 11.4. The fraction of sp³-hybridized carbons (Fsp3) is 0.280. The number of carbonyl (C=O) groups is 1. The molecule has 0 unspecified atom stereocenters. The van der Waals surface area contributed by atoms with Crippen LogP contribution >= 0.6 is 0 Å². The van der Waals surface area contributed by atoms with Crippen molar-refractivity contribution in [1.29, 1.82) is 0 Å². The molecule has 5 heterocycles. The van der Waals surface area contributed by atoms with Gasteiger partial charge in [-0.05, 0) is 23.6 Å². The van der Waals surface area contributed by atoms with Gasteiger partial charge >= 0.3 is 0 Å². The lowest BCUT2D eigenvalue weighted by Crippen LogP contribution is -2.40. The zero-order valence-corrected chi connectivity index (χ0v) is 19.4. The van der Waals surface area contributed by atoms with Crippen LogP contribution < -0.4 is 14.4 Å². The highest BCUT2D eigenvalue weighted by molar-refractivity contribution is 5.97. The predicted molar refractivity (Wildman–Crippen MR) is 127 cm³/mol. The Kier molecular flexibility index (Phi) is 5.13. The third kappa shape index (κ3) is 3.76. The third-order valence-corrected chi connectivity index (χ3v) is 6.41. The van der Waals surface area contributed by atoms with Crippen LogP contribution in [0.25, 0.3) is 22.5 Å². The maximum Gasteiger partial charge on any atom is 0.238 e. The van der Waals surface area contributed by atoms with Gasteiger partial charge in [-0.25, -0.2) is 9.97 Å². The van der Waals surface area contributed by atoms with E-state index >= 15 is 0 Å². The van der Waals surface area contributed by atoms with E-state index in [2.05, 4.69) is 25.1 Å². The van der Waals surface area contributed by atoms with Crippen molar-refractivity contribution < 1.29 is 14.3 Å². The quantitative estimate of drug-likeness (QED) is 0.439. The number of ether oxygens (including phenoxy) is 2. The molecule has 1 saturated heterocycles. The summed E-state index contributed by atoms with van der Waals surface area (Å²) in [4.78, 5) is 27.9. The zero-order valence-electron chi connectivity index (χ0n) is 19.4. The molecule has 0 spiro atoms. The van der Waals surface area contributed by atoms with Crippen molar-refractivity contribution in [3.8, 4) is 34.3 Å². The molecule has 0 aliphatic carbocycles. The van der Waals surface area contributed by atoms with Crippen LogP contribution in [0.3, 0.4) is 0 Å². The molecule has 10 heteroatoms. The van der Waals surface area contributed by atoms with E-state index in [4.69, 9.17) is 9.47 Å². The second kappa shape index (κ2) is 8.46. The molecule has 0 radical (unpaired) electrons. The minimum absolute atomic E-state index is 0.0859. The Hall–Kier alpha value is -4.34. The molecule has 10 nitrogen and oxygen atoms in total. The second-order valence-corrected chi connectivity index (χ2v) is 8.66. The van der Waals surface area contributed by atoms with E-state index in [9.17, 15) is 4.79 Å². The van der Waals surface area contributed by atoms with Crippen molar-refractivity contribution in [3.63, 3.8) is 0 Å². The van der Waals surface area contributed by atoms with Gasteiger partial charge in [0.15, 0.2) is 5.82 Å². The molecule has 35 heavy (non-hydrogen) atoms. The number of fused-ring (bicyclic) bond motifs is 3. The first kappa shape index (κ1) is 21.2. The van der Waals surface area contributed by atoms with Crippen LogP contribution in [0.5, 0.6) is 11.8 Å². The van der Waals surface area contributed by atoms with Gasteiger partial charge in [0.25, 0.3) is 0 Å². The van der Waals surface area contributed by atoms with Crippen LogP contribution in [0.4, 0.5) is 5.69 Å². The standard InChI is InChI=1S/C25H23N7O3/c1-31-14-28-30-23(31)17-5-3-16(4-6-17)19-12-26-21(29-24(19)34-2)10-15-9-20-25(27-11-15)35-13-18-7-8-22(33)32(18)20/h3-6,9,11-12,14,18H,7-8,10,13H2,1-2H3/t18-/m0/s1. The molecule has 3 aromatic heterocycles. The average molecular weight is 470 g/mol. The number of aromatic nitrogens is 6. The number of aryl methyl sites for hydroxylation is 1. The number of pyridine rings is 1. The number of carbonyl (C=O) groups excluding carboxylic acids is 1. The van der Waals surface area contributed by atoms with Crippen LogP contribution in [-0.4, -0.2) is 55.4 Å². The number of rotatable bonds is 5. The number of hydrogen-bond donors (Lipinski definition) is 0. The summed E-state index contributed by atoms with van der Waals surface area (Å²) in [5.41, 5.74) is 4.32. The van der Waals surface area contributed by atoms with Gasteiger partial charge in [-0.15, -0.1) is 10.2 Å². The topological polar surface area (TPSA) is 108 Å². The van der Waals surface area contributed by atoms with Crippen molar-refractivity contribution in [2.45, 2.75) is 25.3 Å². The van der Waals surface area contributed by atoms with E-state index in [0.717, 1.165) is 40.2 Å². The van der Waals surface area contributed by atoms with Gasteiger partial charge in [-0.3, -0.25) is 4.79 Å². The fourth-order valence-electron chi connectivity index (χ4n) is 4.64. The van der Waals surface area contributed by atoms with Gasteiger partial charge in [0, 0.05) is 37.8 Å². The lowest BCUT2D eigenvalue weighted by Gasteiger charge is -2.31. The molecule has 4 aromatic rings. The van der Waals surface area contributed by atoms with E-state index in [0.29, 0.717) is 37.0 Å². The van der Waals surface area contributed by atoms with Gasteiger partial charge in [0.1, 0.15) is 24.4 Å². The molecule has 0 N–H and O–H groups in total. The van der Waals surface area contributed by atoms with Crippen LogP contribution in [0.15, 0.2) is 49.1 Å². The van der Waals surface area contributed by atoms with Crippen molar-refractivity contribution in [2.24, 2.45) is 7.05 Å². The summed E-state index contributed by atoms with van der Waals surface area (Å²) in [6.07, 6.45) is 6.99. The number of anilines is 1. The van der Waals surface area contributed by atoms with E-state index in [1.807, 2.05) is 46.8 Å². The predicted octanol–water partition coefficient (Wildman–Crippen LogP) is 2.82. The lowest BCUT2D eigenvalue weighted by atomic mass is 10.1. The highest BCUT2D eigenvalue weighted by Gasteiger charge is 2.38. The molecule has 2 aliphatic rings. The second-order valence-electron chi connectivity index (χ2n) is 8.66.